The number of hydrogen-bond acceptors (Lipinski definition) is 12. The van der Waals surface area contributed by atoms with Crippen molar-refractivity contribution in [3.8, 4) is 44.5 Å². The lowest BCUT2D eigenvalue weighted by molar-refractivity contribution is -0.203. The summed E-state index contributed by atoms with van der Waals surface area (Å²) in [7, 11) is 10.0. The van der Waals surface area contributed by atoms with Crippen molar-refractivity contribution in [2.24, 2.45) is 0 Å². The average Bonchev–Trinajstić information content (AvgIpc) is 1.87. The fraction of sp³-hybridized carbons (Fsp3) is 0.417. The highest BCUT2D eigenvalue weighted by atomic mass is 35.5. The third-order valence-electron chi connectivity index (χ3n) is 19.1. The van der Waals surface area contributed by atoms with Gasteiger partial charge in [0.15, 0.2) is 0 Å². The molecule has 0 aromatic heterocycles. The zero-order valence-electron chi connectivity index (χ0n) is 50.1. The Morgan fingerprint density at radius 1 is 0.247 bits per heavy atom. The summed E-state index contributed by atoms with van der Waals surface area (Å²) < 4.78 is 73.8. The first-order valence-corrected chi connectivity index (χ1v) is 30.1. The van der Waals surface area contributed by atoms with Crippen molar-refractivity contribution in [2.45, 2.75) is 111 Å². The lowest BCUT2D eigenvalue weighted by Crippen LogP contribution is -2.43. The second-order valence-corrected chi connectivity index (χ2v) is 23.8. The molecule has 85 heavy (non-hydrogen) atoms. The van der Waals surface area contributed by atoms with Crippen LogP contribution in [0.5, 0.6) is 0 Å². The monoisotopic (exact) mass is 1170 g/mol. The second kappa shape index (κ2) is 26.8. The molecule has 3 fully saturated rings. The van der Waals surface area contributed by atoms with Crippen LogP contribution in [0.3, 0.4) is 0 Å². The van der Waals surface area contributed by atoms with Crippen molar-refractivity contribution in [1.82, 2.24) is 0 Å². The van der Waals surface area contributed by atoms with Crippen LogP contribution >= 0.6 is 11.6 Å². The number of hydrogen-bond donors (Lipinski definition) is 0. The van der Waals surface area contributed by atoms with E-state index in [0.717, 1.165) is 77.9 Å². The summed E-state index contributed by atoms with van der Waals surface area (Å²) in [6.07, 6.45) is 8.50. The molecule has 3 saturated carbocycles. The Morgan fingerprint density at radius 3 is 0.612 bits per heavy atom. The van der Waals surface area contributed by atoms with Crippen LogP contribution in [0.25, 0.3) is 44.5 Å². The Morgan fingerprint density at radius 2 is 0.424 bits per heavy atom. The van der Waals surface area contributed by atoms with Gasteiger partial charge in [-0.3, -0.25) is 0 Å². The predicted molar refractivity (Wildman–Crippen MR) is 329 cm³/mol. The Kier molecular flexibility index (Phi) is 19.2. The van der Waals surface area contributed by atoms with Crippen molar-refractivity contribution < 1.29 is 56.8 Å². The lowest BCUT2D eigenvalue weighted by atomic mass is 9.69. The quantitative estimate of drug-likeness (QED) is 0.0763. The summed E-state index contributed by atoms with van der Waals surface area (Å²) in [5, 5.41) is 0.667. The number of halogens is 1. The summed E-state index contributed by atoms with van der Waals surface area (Å²) in [6, 6.07) is 58.9. The van der Waals surface area contributed by atoms with E-state index in [0.29, 0.717) is 82.1 Å². The maximum absolute atomic E-state index is 7.20. The summed E-state index contributed by atoms with van der Waals surface area (Å²) in [4.78, 5) is 0. The van der Waals surface area contributed by atoms with Gasteiger partial charge in [-0.1, -0.05) is 169 Å². The molecule has 0 spiro atoms. The van der Waals surface area contributed by atoms with E-state index in [2.05, 4.69) is 164 Å². The Bertz CT molecular complexity index is 3250. The molecular formula is C72H81ClO12. The standard InChI is InChI=1S/C72H81ClO12/c1-74-46-80-67-33-35-68(36-34-67,81-47-75-2)60-22-9-53(10-23-60)55-13-26-62(27-14-55)70(83-49-77-4)41-43-72(44-42-70,85-51-79-6)64-30-17-57(18-31-64)65-32-19-58(45-66(65)73)56-15-28-63(29-16-56)71(84-50-78-5)39-37-69(38-40-71,82-48-76-3)61-24-11-54(12-25-61)52-7-20-59(67)21-8-52/h7-32,45H,33-44,46-51H2,1-6H3. The number of rotatable bonds is 18. The van der Waals surface area contributed by atoms with Crippen molar-refractivity contribution in [3.63, 3.8) is 0 Å². The Balaban J connectivity index is 0.945. The molecule has 0 radical (unpaired) electrons. The van der Waals surface area contributed by atoms with Gasteiger partial charge < -0.3 is 56.8 Å². The van der Waals surface area contributed by atoms with E-state index in [1.54, 1.807) is 42.7 Å². The van der Waals surface area contributed by atoms with Crippen LogP contribution in [-0.2, 0) is 90.4 Å². The van der Waals surface area contributed by atoms with Crippen LogP contribution in [-0.4, -0.2) is 83.4 Å². The van der Waals surface area contributed by atoms with Gasteiger partial charge in [-0.25, -0.2) is 0 Å². The minimum absolute atomic E-state index is 0.160. The van der Waals surface area contributed by atoms with E-state index < -0.39 is 33.6 Å². The molecule has 19 aliphatic carbocycles. The molecular weight excluding hydrogens is 1090 g/mol. The molecule has 19 aliphatic rings. The van der Waals surface area contributed by atoms with Crippen molar-refractivity contribution in [2.75, 3.05) is 83.4 Å². The van der Waals surface area contributed by atoms with Crippen LogP contribution in [0.15, 0.2) is 164 Å². The molecule has 20 bridgehead atoms. The third kappa shape index (κ3) is 12.5. The molecule has 13 heteroatoms. The molecule has 12 nitrogen and oxygen atoms in total. The minimum atomic E-state index is -0.603. The van der Waals surface area contributed by atoms with E-state index >= 15 is 0 Å². The number of benzene rings is 7. The van der Waals surface area contributed by atoms with Crippen molar-refractivity contribution in [3.05, 3.63) is 202 Å². The first kappa shape index (κ1) is 61.0. The predicted octanol–water partition coefficient (Wildman–Crippen LogP) is 16.0. The van der Waals surface area contributed by atoms with Crippen LogP contribution in [0.2, 0.25) is 5.02 Å². The highest BCUT2D eigenvalue weighted by Gasteiger charge is 2.49. The minimum Gasteiger partial charge on any atom is -0.359 e. The van der Waals surface area contributed by atoms with Crippen LogP contribution in [0.4, 0.5) is 0 Å². The molecule has 0 atom stereocenters. The molecule has 7 aromatic rings. The molecule has 0 aliphatic heterocycles. The van der Waals surface area contributed by atoms with Gasteiger partial charge in [0.2, 0.25) is 0 Å². The molecule has 0 unspecified atom stereocenters. The van der Waals surface area contributed by atoms with Crippen molar-refractivity contribution >= 4 is 11.6 Å². The van der Waals surface area contributed by atoms with Crippen LogP contribution < -0.4 is 0 Å². The largest absolute Gasteiger partial charge is 0.359 e. The normalized spacial score (nSPS) is 25.4. The smallest absolute Gasteiger partial charge is 0.147 e. The van der Waals surface area contributed by atoms with Gasteiger partial charge in [0.25, 0.3) is 0 Å². The van der Waals surface area contributed by atoms with Gasteiger partial charge in [0.1, 0.15) is 40.8 Å². The maximum atomic E-state index is 7.20. The summed E-state index contributed by atoms with van der Waals surface area (Å²) in [6.45, 7) is 0.999. The van der Waals surface area contributed by atoms with Gasteiger partial charge >= 0.3 is 0 Å². The molecule has 0 N–H and O–H groups in total. The second-order valence-electron chi connectivity index (χ2n) is 23.4. The molecule has 0 saturated heterocycles. The molecule has 448 valence electrons. The fourth-order valence-corrected chi connectivity index (χ4v) is 14.3. The highest BCUT2D eigenvalue weighted by Crippen LogP contribution is 2.54. The van der Waals surface area contributed by atoms with E-state index in [4.69, 9.17) is 68.4 Å². The first-order chi connectivity index (χ1) is 41.5. The zero-order valence-corrected chi connectivity index (χ0v) is 50.8. The molecule has 26 rings (SSSR count). The van der Waals surface area contributed by atoms with Gasteiger partial charge in [0, 0.05) is 53.2 Å². The van der Waals surface area contributed by atoms with E-state index in [1.165, 1.54) is 0 Å². The van der Waals surface area contributed by atoms with E-state index in [9.17, 15) is 0 Å². The lowest BCUT2D eigenvalue weighted by Gasteiger charge is -2.46. The maximum Gasteiger partial charge on any atom is 0.147 e. The molecule has 0 amide bonds. The first-order valence-electron chi connectivity index (χ1n) is 29.7. The van der Waals surface area contributed by atoms with E-state index in [-0.39, 0.29) is 40.8 Å². The topological polar surface area (TPSA) is 111 Å². The molecule has 7 aromatic carbocycles. The fourth-order valence-electron chi connectivity index (χ4n) is 14.0. The SMILES string of the molecule is COCOC12CCC(OCOC)(CC1)c1ccc(cc1)-c1ccc(cc1)C1(OCOC)CCC(OCOC)(CC1)c1ccc(cc1)-c1ccc(cc1Cl)-c1ccc(cc1)C1(OCOC)CCC(OCOC)(CC1)c1ccc(cc1)-c1ccc2cc1. The molecule has 0 heterocycles. The number of ether oxygens (including phenoxy) is 12. The highest BCUT2D eigenvalue weighted by molar-refractivity contribution is 6.33. The van der Waals surface area contributed by atoms with Gasteiger partial charge in [0.05, 0.1) is 33.6 Å². The summed E-state index contributed by atoms with van der Waals surface area (Å²) in [5.74, 6) is 0. The average molecular weight is 1170 g/mol. The van der Waals surface area contributed by atoms with Gasteiger partial charge in [-0.2, -0.15) is 0 Å². The zero-order chi connectivity index (χ0) is 59.0. The summed E-state index contributed by atoms with van der Waals surface area (Å²) >= 11 is 7.20. The number of methoxy groups -OCH3 is 6. The van der Waals surface area contributed by atoms with Gasteiger partial charge in [-0.15, -0.1) is 0 Å². The van der Waals surface area contributed by atoms with Crippen LogP contribution in [0, 0.1) is 0 Å². The van der Waals surface area contributed by atoms with Crippen molar-refractivity contribution in [1.29, 1.82) is 0 Å². The van der Waals surface area contributed by atoms with Crippen LogP contribution in [0.1, 0.15) is 110 Å². The summed E-state index contributed by atoms with van der Waals surface area (Å²) in [5.41, 5.74) is 11.5. The Labute approximate surface area is 506 Å². The Hall–Kier alpha value is -5.65. The van der Waals surface area contributed by atoms with Gasteiger partial charge in [-0.05, 0) is 155 Å². The van der Waals surface area contributed by atoms with E-state index in [1.807, 2.05) is 0 Å². The third-order valence-corrected chi connectivity index (χ3v) is 19.4.